The number of amides is 2. The van der Waals surface area contributed by atoms with Crippen molar-refractivity contribution in [3.8, 4) is 0 Å². The van der Waals surface area contributed by atoms with Gasteiger partial charge in [0.15, 0.2) is 5.13 Å². The second-order valence-electron chi connectivity index (χ2n) is 5.71. The predicted octanol–water partition coefficient (Wildman–Crippen LogP) is 4.20. The minimum atomic E-state index is -0.223. The Morgan fingerprint density at radius 2 is 1.96 bits per heavy atom. The molecule has 0 spiro atoms. The molecule has 2 heterocycles. The molecule has 0 aliphatic heterocycles. The molecule has 126 valence electrons. The highest BCUT2D eigenvalue weighted by Crippen LogP contribution is 2.30. The Labute approximate surface area is 152 Å². The first kappa shape index (κ1) is 16.0. The number of thiophene rings is 1. The molecule has 0 fully saturated rings. The van der Waals surface area contributed by atoms with Crippen LogP contribution in [0.2, 0.25) is 0 Å². The maximum absolute atomic E-state index is 12.5. The molecule has 2 N–H and O–H groups in total. The first-order valence-electron chi connectivity index (χ1n) is 7.94. The number of nitrogens with zero attached hydrogens (tertiary/aromatic N) is 1. The van der Waals surface area contributed by atoms with Crippen LogP contribution in [0.1, 0.15) is 37.0 Å². The van der Waals surface area contributed by atoms with E-state index >= 15 is 0 Å². The largest absolute Gasteiger partial charge is 0.321 e. The fourth-order valence-electron chi connectivity index (χ4n) is 2.75. The van der Waals surface area contributed by atoms with Gasteiger partial charge in [-0.05, 0) is 48.9 Å². The van der Waals surface area contributed by atoms with Crippen LogP contribution < -0.4 is 10.6 Å². The van der Waals surface area contributed by atoms with E-state index in [9.17, 15) is 9.59 Å². The van der Waals surface area contributed by atoms with E-state index in [2.05, 4.69) is 15.6 Å². The van der Waals surface area contributed by atoms with Gasteiger partial charge in [-0.15, -0.1) is 22.7 Å². The SMILES string of the molecule is O=C(Nc1nc2c(s1)CCC2)c1cccc(NC(=O)c2cccs2)c1. The van der Waals surface area contributed by atoms with E-state index in [-0.39, 0.29) is 11.8 Å². The van der Waals surface area contributed by atoms with Gasteiger partial charge in [0.05, 0.1) is 10.6 Å². The number of anilines is 2. The molecule has 0 radical (unpaired) electrons. The average Bonchev–Trinajstić information content (AvgIpc) is 3.32. The molecule has 1 aliphatic rings. The second-order valence-corrected chi connectivity index (χ2v) is 7.74. The first-order valence-corrected chi connectivity index (χ1v) is 9.63. The monoisotopic (exact) mass is 369 g/mol. The lowest BCUT2D eigenvalue weighted by atomic mass is 10.2. The third kappa shape index (κ3) is 3.47. The van der Waals surface area contributed by atoms with Crippen molar-refractivity contribution < 1.29 is 9.59 Å². The van der Waals surface area contributed by atoms with Crippen LogP contribution in [0, 0.1) is 0 Å². The number of carbonyl (C=O) groups is 2. The smallest absolute Gasteiger partial charge is 0.265 e. The van der Waals surface area contributed by atoms with Crippen molar-refractivity contribution in [2.45, 2.75) is 19.3 Å². The normalized spacial score (nSPS) is 12.6. The lowest BCUT2D eigenvalue weighted by Gasteiger charge is -2.06. The van der Waals surface area contributed by atoms with Crippen LogP contribution in [0.15, 0.2) is 41.8 Å². The number of nitrogens with one attached hydrogen (secondary N) is 2. The zero-order valence-electron chi connectivity index (χ0n) is 13.2. The van der Waals surface area contributed by atoms with Crippen LogP contribution in [-0.4, -0.2) is 16.8 Å². The Hall–Kier alpha value is -2.51. The summed E-state index contributed by atoms with van der Waals surface area (Å²) in [5.74, 6) is -0.399. The summed E-state index contributed by atoms with van der Waals surface area (Å²) in [6.07, 6.45) is 3.19. The number of carbonyl (C=O) groups excluding carboxylic acids is 2. The van der Waals surface area contributed by atoms with E-state index in [1.54, 1.807) is 41.7 Å². The third-order valence-electron chi connectivity index (χ3n) is 3.94. The van der Waals surface area contributed by atoms with Gasteiger partial charge in [-0.3, -0.25) is 14.9 Å². The first-order chi connectivity index (χ1) is 12.2. The molecule has 1 aromatic carbocycles. The van der Waals surface area contributed by atoms with Gasteiger partial charge in [0, 0.05) is 16.1 Å². The van der Waals surface area contributed by atoms with Crippen molar-refractivity contribution in [2.24, 2.45) is 0 Å². The van der Waals surface area contributed by atoms with Crippen molar-refractivity contribution in [1.82, 2.24) is 4.98 Å². The van der Waals surface area contributed by atoms with Gasteiger partial charge in [-0.2, -0.15) is 0 Å². The Morgan fingerprint density at radius 1 is 1.04 bits per heavy atom. The van der Waals surface area contributed by atoms with E-state index < -0.39 is 0 Å². The van der Waals surface area contributed by atoms with Gasteiger partial charge in [0.25, 0.3) is 11.8 Å². The van der Waals surface area contributed by atoms with Crippen LogP contribution in [0.4, 0.5) is 10.8 Å². The molecule has 7 heteroatoms. The van der Waals surface area contributed by atoms with E-state index in [1.807, 2.05) is 11.4 Å². The zero-order valence-corrected chi connectivity index (χ0v) is 14.9. The molecule has 0 atom stereocenters. The second kappa shape index (κ2) is 6.78. The van der Waals surface area contributed by atoms with Gasteiger partial charge in [-0.1, -0.05) is 12.1 Å². The number of hydrogen-bond acceptors (Lipinski definition) is 5. The molecule has 3 aromatic rings. The molecular weight excluding hydrogens is 354 g/mol. The van der Waals surface area contributed by atoms with E-state index in [0.717, 1.165) is 25.0 Å². The minimum absolute atomic E-state index is 0.177. The predicted molar refractivity (Wildman–Crippen MR) is 101 cm³/mol. The number of aryl methyl sites for hydroxylation is 2. The average molecular weight is 369 g/mol. The quantitative estimate of drug-likeness (QED) is 0.724. The lowest BCUT2D eigenvalue weighted by Crippen LogP contribution is -2.14. The van der Waals surface area contributed by atoms with Gasteiger partial charge in [-0.25, -0.2) is 4.98 Å². The fourth-order valence-corrected chi connectivity index (χ4v) is 4.42. The van der Waals surface area contributed by atoms with Crippen LogP contribution in [0.5, 0.6) is 0 Å². The highest BCUT2D eigenvalue weighted by atomic mass is 32.1. The van der Waals surface area contributed by atoms with E-state index in [1.165, 1.54) is 16.2 Å². The molecule has 1 aliphatic carbocycles. The molecule has 0 saturated carbocycles. The summed E-state index contributed by atoms with van der Waals surface area (Å²) in [4.78, 5) is 31.0. The number of fused-ring (bicyclic) bond motifs is 1. The summed E-state index contributed by atoms with van der Waals surface area (Å²) < 4.78 is 0. The van der Waals surface area contributed by atoms with Crippen molar-refractivity contribution in [2.75, 3.05) is 10.6 Å². The number of aromatic nitrogens is 1. The maximum atomic E-state index is 12.5. The summed E-state index contributed by atoms with van der Waals surface area (Å²) in [5, 5.41) is 8.16. The standard InChI is InChI=1S/C18H15N3O2S2/c22-16(21-18-20-13-6-2-7-14(13)25-18)11-4-1-5-12(10-11)19-17(23)15-8-3-9-24-15/h1,3-5,8-10H,2,6-7H2,(H,19,23)(H,20,21,22). The molecule has 25 heavy (non-hydrogen) atoms. The van der Waals surface area contributed by atoms with Crippen LogP contribution in [0.25, 0.3) is 0 Å². The zero-order chi connectivity index (χ0) is 17.2. The molecule has 4 rings (SSSR count). The van der Waals surface area contributed by atoms with Gasteiger partial charge >= 0.3 is 0 Å². The number of thiazole rings is 1. The maximum Gasteiger partial charge on any atom is 0.265 e. The summed E-state index contributed by atoms with van der Waals surface area (Å²) in [6, 6.07) is 10.5. The summed E-state index contributed by atoms with van der Waals surface area (Å²) in [7, 11) is 0. The van der Waals surface area contributed by atoms with Crippen LogP contribution >= 0.6 is 22.7 Å². The lowest BCUT2D eigenvalue weighted by molar-refractivity contribution is 0.101. The van der Waals surface area contributed by atoms with Gasteiger partial charge < -0.3 is 5.32 Å². The van der Waals surface area contributed by atoms with Gasteiger partial charge in [0.2, 0.25) is 0 Å². The third-order valence-corrected chi connectivity index (χ3v) is 5.89. The molecule has 5 nitrogen and oxygen atoms in total. The molecule has 0 unspecified atom stereocenters. The molecule has 2 amide bonds. The van der Waals surface area contributed by atoms with Crippen molar-refractivity contribution in [3.63, 3.8) is 0 Å². The topological polar surface area (TPSA) is 71.1 Å². The minimum Gasteiger partial charge on any atom is -0.321 e. The van der Waals surface area contributed by atoms with Gasteiger partial charge in [0.1, 0.15) is 0 Å². The van der Waals surface area contributed by atoms with Crippen molar-refractivity contribution >= 4 is 45.3 Å². The highest BCUT2D eigenvalue weighted by Gasteiger charge is 2.18. The summed E-state index contributed by atoms with van der Waals surface area (Å²) >= 11 is 2.92. The molecular formula is C18H15N3O2S2. The fraction of sp³-hybridized carbons (Fsp3) is 0.167. The van der Waals surface area contributed by atoms with E-state index in [4.69, 9.17) is 0 Å². The highest BCUT2D eigenvalue weighted by molar-refractivity contribution is 7.16. The molecule has 2 aromatic heterocycles. The Morgan fingerprint density at radius 3 is 2.76 bits per heavy atom. The van der Waals surface area contributed by atoms with E-state index in [0.29, 0.717) is 21.3 Å². The molecule has 0 saturated heterocycles. The van der Waals surface area contributed by atoms with Crippen LogP contribution in [-0.2, 0) is 12.8 Å². The Bertz CT molecular complexity index is 910. The number of benzene rings is 1. The Balaban J connectivity index is 1.46. The Kier molecular flexibility index (Phi) is 4.33. The summed E-state index contributed by atoms with van der Waals surface area (Å²) in [5.41, 5.74) is 2.18. The van der Waals surface area contributed by atoms with Crippen molar-refractivity contribution in [1.29, 1.82) is 0 Å². The number of rotatable bonds is 4. The molecule has 0 bridgehead atoms. The van der Waals surface area contributed by atoms with Crippen LogP contribution in [0.3, 0.4) is 0 Å². The van der Waals surface area contributed by atoms with Crippen molar-refractivity contribution in [3.05, 3.63) is 62.8 Å². The number of hydrogen-bond donors (Lipinski definition) is 2. The summed E-state index contributed by atoms with van der Waals surface area (Å²) in [6.45, 7) is 0.